The fourth-order valence-electron chi connectivity index (χ4n) is 1.36. The highest BCUT2D eigenvalue weighted by atomic mass is 32.2. The highest BCUT2D eigenvalue weighted by molar-refractivity contribution is 7.89. The number of aliphatic hydroxyl groups is 1. The summed E-state index contributed by atoms with van der Waals surface area (Å²) >= 11 is 1.54. The van der Waals surface area contributed by atoms with Gasteiger partial charge in [0, 0.05) is 11.5 Å². The number of rotatable bonds is 7. The maximum absolute atomic E-state index is 11.6. The first-order chi connectivity index (χ1) is 7.59. The Labute approximate surface area is 100 Å². The highest BCUT2D eigenvalue weighted by Crippen LogP contribution is 2.22. The molecule has 1 aromatic heterocycles. The van der Waals surface area contributed by atoms with E-state index in [1.165, 1.54) is 0 Å². The Kier molecular flexibility index (Phi) is 5.40. The van der Waals surface area contributed by atoms with Crippen LogP contribution in [0.2, 0.25) is 0 Å². The molecule has 0 amide bonds. The summed E-state index contributed by atoms with van der Waals surface area (Å²) < 4.78 is 25.9. The van der Waals surface area contributed by atoms with E-state index in [2.05, 4.69) is 4.72 Å². The molecule has 6 heteroatoms. The zero-order valence-corrected chi connectivity index (χ0v) is 10.9. The van der Waals surface area contributed by atoms with Gasteiger partial charge in [0.25, 0.3) is 0 Å². The third-order valence-corrected chi connectivity index (χ3v) is 4.64. The lowest BCUT2D eigenvalue weighted by Crippen LogP contribution is -2.30. The molecule has 4 nitrogen and oxygen atoms in total. The molecule has 1 heterocycles. The topological polar surface area (TPSA) is 66.4 Å². The Morgan fingerprint density at radius 1 is 1.56 bits per heavy atom. The molecule has 1 aromatic rings. The first kappa shape index (κ1) is 13.6. The van der Waals surface area contributed by atoms with Crippen molar-refractivity contribution in [1.29, 1.82) is 0 Å². The molecule has 0 bridgehead atoms. The van der Waals surface area contributed by atoms with Crippen LogP contribution in [0.1, 0.15) is 30.7 Å². The molecule has 0 aliphatic rings. The van der Waals surface area contributed by atoms with Gasteiger partial charge in [-0.1, -0.05) is 13.0 Å². The second kappa shape index (κ2) is 6.34. The third kappa shape index (κ3) is 4.21. The van der Waals surface area contributed by atoms with Gasteiger partial charge in [0.05, 0.1) is 11.8 Å². The second-order valence-corrected chi connectivity index (χ2v) is 6.34. The molecule has 0 fully saturated rings. The fourth-order valence-corrected chi connectivity index (χ4v) is 3.65. The number of thiophene rings is 1. The van der Waals surface area contributed by atoms with Crippen LogP contribution in [-0.4, -0.2) is 25.9 Å². The number of hydrogen-bond donors (Lipinski definition) is 2. The van der Waals surface area contributed by atoms with E-state index >= 15 is 0 Å². The van der Waals surface area contributed by atoms with Crippen molar-refractivity contribution in [2.75, 3.05) is 12.4 Å². The van der Waals surface area contributed by atoms with Gasteiger partial charge in [0.1, 0.15) is 0 Å². The normalized spacial score (nSPS) is 13.9. The van der Waals surface area contributed by atoms with Gasteiger partial charge in [-0.15, -0.1) is 11.3 Å². The Morgan fingerprint density at radius 2 is 2.31 bits per heavy atom. The van der Waals surface area contributed by atoms with Gasteiger partial charge in [-0.05, 0) is 24.3 Å². The first-order valence-electron chi connectivity index (χ1n) is 5.23. The molecule has 0 radical (unpaired) electrons. The minimum Gasteiger partial charge on any atom is -0.396 e. The van der Waals surface area contributed by atoms with Crippen molar-refractivity contribution >= 4 is 21.4 Å². The van der Waals surface area contributed by atoms with Crippen LogP contribution in [-0.2, 0) is 10.0 Å². The molecular formula is C10H17NO3S2. The van der Waals surface area contributed by atoms with Gasteiger partial charge in [-0.2, -0.15) is 0 Å². The standard InChI is InChI=1S/C10H17NO3S2/c1-2-9(10-5-3-7-15-10)11-16(13,14)8-4-6-12/h3,5,7,9,11-12H,2,4,6,8H2,1H3. The van der Waals surface area contributed by atoms with E-state index in [1.807, 2.05) is 24.4 Å². The molecule has 1 rings (SSSR count). The van der Waals surface area contributed by atoms with Crippen molar-refractivity contribution in [3.63, 3.8) is 0 Å². The van der Waals surface area contributed by atoms with Crippen molar-refractivity contribution < 1.29 is 13.5 Å². The predicted octanol–water partition coefficient (Wildman–Crippen LogP) is 1.50. The van der Waals surface area contributed by atoms with Crippen LogP contribution in [0.25, 0.3) is 0 Å². The summed E-state index contributed by atoms with van der Waals surface area (Å²) in [6, 6.07) is 3.68. The minimum absolute atomic E-state index is 0.0224. The van der Waals surface area contributed by atoms with E-state index in [0.29, 0.717) is 0 Å². The van der Waals surface area contributed by atoms with Crippen molar-refractivity contribution in [2.24, 2.45) is 0 Å². The lowest BCUT2D eigenvalue weighted by molar-refractivity contribution is 0.295. The average Bonchev–Trinajstić information content (AvgIpc) is 2.76. The minimum atomic E-state index is -3.28. The first-order valence-corrected chi connectivity index (χ1v) is 7.76. The molecule has 0 saturated carbocycles. The smallest absolute Gasteiger partial charge is 0.212 e. The van der Waals surface area contributed by atoms with Crippen LogP contribution in [0.3, 0.4) is 0 Å². The van der Waals surface area contributed by atoms with E-state index < -0.39 is 10.0 Å². The summed E-state index contributed by atoms with van der Waals surface area (Å²) in [4.78, 5) is 1.02. The van der Waals surface area contributed by atoms with Crippen molar-refractivity contribution in [3.8, 4) is 0 Å². The number of nitrogens with one attached hydrogen (secondary N) is 1. The quantitative estimate of drug-likeness (QED) is 0.783. The van der Waals surface area contributed by atoms with E-state index in [4.69, 9.17) is 5.11 Å². The Balaban J connectivity index is 2.63. The molecule has 1 unspecified atom stereocenters. The molecule has 0 spiro atoms. The molecule has 0 aliphatic carbocycles. The van der Waals surface area contributed by atoms with E-state index in [1.54, 1.807) is 11.3 Å². The molecule has 16 heavy (non-hydrogen) atoms. The Morgan fingerprint density at radius 3 is 2.81 bits per heavy atom. The van der Waals surface area contributed by atoms with Gasteiger partial charge in [-0.25, -0.2) is 13.1 Å². The van der Waals surface area contributed by atoms with Gasteiger partial charge in [0.2, 0.25) is 10.0 Å². The average molecular weight is 263 g/mol. The molecule has 92 valence electrons. The van der Waals surface area contributed by atoms with Crippen LogP contribution < -0.4 is 4.72 Å². The maximum Gasteiger partial charge on any atom is 0.212 e. The largest absolute Gasteiger partial charge is 0.396 e. The van der Waals surface area contributed by atoms with Gasteiger partial charge >= 0.3 is 0 Å². The van der Waals surface area contributed by atoms with Gasteiger partial charge in [-0.3, -0.25) is 0 Å². The Hall–Kier alpha value is -0.430. The highest BCUT2D eigenvalue weighted by Gasteiger charge is 2.18. The van der Waals surface area contributed by atoms with E-state index in [-0.39, 0.29) is 24.8 Å². The second-order valence-electron chi connectivity index (χ2n) is 3.49. The maximum atomic E-state index is 11.6. The van der Waals surface area contributed by atoms with Gasteiger partial charge in [0.15, 0.2) is 0 Å². The summed E-state index contributed by atoms with van der Waals surface area (Å²) in [6.45, 7) is 1.84. The zero-order chi connectivity index (χ0) is 12.0. The number of hydrogen-bond acceptors (Lipinski definition) is 4. The van der Waals surface area contributed by atoms with Crippen molar-refractivity contribution in [3.05, 3.63) is 22.4 Å². The van der Waals surface area contributed by atoms with Gasteiger partial charge < -0.3 is 5.11 Å². The molecule has 0 aliphatic heterocycles. The summed E-state index contributed by atoms with van der Waals surface area (Å²) in [5, 5.41) is 10.5. The van der Waals surface area contributed by atoms with E-state index in [0.717, 1.165) is 11.3 Å². The molecule has 2 N–H and O–H groups in total. The molecular weight excluding hydrogens is 246 g/mol. The summed E-state index contributed by atoms with van der Waals surface area (Å²) in [5.41, 5.74) is 0. The third-order valence-electron chi connectivity index (χ3n) is 2.19. The van der Waals surface area contributed by atoms with E-state index in [9.17, 15) is 8.42 Å². The van der Waals surface area contributed by atoms with Crippen LogP contribution in [0.15, 0.2) is 17.5 Å². The monoisotopic (exact) mass is 263 g/mol. The number of aliphatic hydroxyl groups excluding tert-OH is 1. The fraction of sp³-hybridized carbons (Fsp3) is 0.600. The Bertz CT molecular complexity index is 386. The summed E-state index contributed by atoms with van der Waals surface area (Å²) in [7, 11) is -3.28. The lowest BCUT2D eigenvalue weighted by Gasteiger charge is -2.15. The molecule has 0 aromatic carbocycles. The van der Waals surface area contributed by atoms with Crippen molar-refractivity contribution in [1.82, 2.24) is 4.72 Å². The summed E-state index contributed by atoms with van der Waals surface area (Å²) in [5.74, 6) is -0.0224. The van der Waals surface area contributed by atoms with Crippen LogP contribution >= 0.6 is 11.3 Å². The zero-order valence-electron chi connectivity index (χ0n) is 9.22. The molecule has 0 saturated heterocycles. The SMILES string of the molecule is CCC(NS(=O)(=O)CCCO)c1cccs1. The van der Waals surface area contributed by atoms with Crippen LogP contribution in [0, 0.1) is 0 Å². The molecule has 1 atom stereocenters. The number of sulfonamides is 1. The lowest BCUT2D eigenvalue weighted by atomic mass is 10.2. The summed E-state index contributed by atoms with van der Waals surface area (Å²) in [6.07, 6.45) is 0.995. The van der Waals surface area contributed by atoms with Crippen LogP contribution in [0.5, 0.6) is 0 Å². The van der Waals surface area contributed by atoms with Crippen molar-refractivity contribution in [2.45, 2.75) is 25.8 Å². The van der Waals surface area contributed by atoms with Crippen LogP contribution in [0.4, 0.5) is 0 Å². The predicted molar refractivity (Wildman–Crippen MR) is 66.0 cm³/mol.